The van der Waals surface area contributed by atoms with Crippen molar-refractivity contribution in [2.45, 2.75) is 47.2 Å². The van der Waals surface area contributed by atoms with Crippen LogP contribution < -0.4 is 14.5 Å². The van der Waals surface area contributed by atoms with Gasteiger partial charge in [0.25, 0.3) is 11.8 Å². The molecule has 0 spiro atoms. The van der Waals surface area contributed by atoms with Gasteiger partial charge in [-0.05, 0) is 79.4 Å². The van der Waals surface area contributed by atoms with Crippen LogP contribution in [0.2, 0.25) is 0 Å². The zero-order valence-corrected chi connectivity index (χ0v) is 28.5. The largest absolute Gasteiger partial charge is 0.573 e. The number of allylic oxidation sites excluding steroid dienone is 2. The second-order valence-electron chi connectivity index (χ2n) is 13.3. The Balaban J connectivity index is 1.40. The molecule has 6 atom stereocenters. The molecule has 6 unspecified atom stereocenters. The number of aromatic hydroxyl groups is 1. The predicted octanol–water partition coefficient (Wildman–Crippen LogP) is 8.24. The van der Waals surface area contributed by atoms with Crippen LogP contribution in [0.1, 0.15) is 35.4 Å². The number of ether oxygens (including phenoxy) is 1. The lowest BCUT2D eigenvalue weighted by atomic mass is 9.56. The number of fused-ring (bicyclic) bond motifs is 4. The van der Waals surface area contributed by atoms with Gasteiger partial charge >= 0.3 is 18.7 Å². The number of phenolic OH excluding ortho intramolecular Hbond substituents is 1. The van der Waals surface area contributed by atoms with Crippen LogP contribution in [-0.2, 0) is 31.5 Å². The highest BCUT2D eigenvalue weighted by Gasteiger charge is 2.77. The number of carbonyl (C=O) groups is 4. The Kier molecular flexibility index (Phi) is 8.62. The molecule has 1 saturated carbocycles. The van der Waals surface area contributed by atoms with Gasteiger partial charge in [-0.25, -0.2) is 14.2 Å². The van der Waals surface area contributed by atoms with E-state index in [9.17, 15) is 68.2 Å². The molecule has 2 saturated heterocycles. The van der Waals surface area contributed by atoms with Crippen molar-refractivity contribution < 1.29 is 72.9 Å². The molecule has 4 aliphatic rings. The molecule has 2 aliphatic heterocycles. The van der Waals surface area contributed by atoms with Crippen LogP contribution in [-0.4, -0.2) is 44.8 Å². The maximum Gasteiger partial charge on any atom is 0.573 e. The number of anilines is 2. The summed E-state index contributed by atoms with van der Waals surface area (Å²) in [5.74, 6) is -14.2. The molecule has 290 valence electrons. The lowest BCUT2D eigenvalue weighted by molar-refractivity contribution is -0.274. The predicted molar refractivity (Wildman–Crippen MR) is 170 cm³/mol. The number of hydrogen-bond acceptors (Lipinski definition) is 6. The molecule has 0 aromatic heterocycles. The summed E-state index contributed by atoms with van der Waals surface area (Å²) in [7, 11) is 0. The van der Waals surface area contributed by atoms with Crippen LogP contribution in [0.25, 0.3) is 0 Å². The van der Waals surface area contributed by atoms with Crippen LogP contribution in [0.4, 0.5) is 55.3 Å². The average Bonchev–Trinajstić information content (AvgIpc) is 3.42. The highest BCUT2D eigenvalue weighted by Crippen LogP contribution is 2.67. The fourth-order valence-corrected chi connectivity index (χ4v) is 8.95. The van der Waals surface area contributed by atoms with Crippen molar-refractivity contribution in [2.24, 2.45) is 17.8 Å². The van der Waals surface area contributed by atoms with Gasteiger partial charge in [0.15, 0.2) is 9.75 Å². The Morgan fingerprint density at radius 1 is 0.727 bits per heavy atom. The van der Waals surface area contributed by atoms with Crippen LogP contribution in [0.3, 0.4) is 0 Å². The van der Waals surface area contributed by atoms with Crippen LogP contribution in [0.5, 0.6) is 11.5 Å². The van der Waals surface area contributed by atoms with Gasteiger partial charge in [0.2, 0.25) is 11.8 Å². The minimum atomic E-state index is -5.35. The first-order valence-electron chi connectivity index (χ1n) is 15.9. The molecular formula is C35H20Cl2F10N2O6. The maximum atomic E-state index is 14.4. The third kappa shape index (κ3) is 5.90. The summed E-state index contributed by atoms with van der Waals surface area (Å²) in [4.78, 5) is 52.0. The van der Waals surface area contributed by atoms with Crippen LogP contribution in [0, 0.1) is 23.6 Å². The molecule has 3 fully saturated rings. The summed E-state index contributed by atoms with van der Waals surface area (Å²) >= 11 is 14.2. The Bertz CT molecular complexity index is 2180. The van der Waals surface area contributed by atoms with E-state index >= 15 is 0 Å². The molecule has 55 heavy (non-hydrogen) atoms. The molecule has 1 N–H and O–H groups in total. The number of halogens is 12. The Hall–Kier alpha value is -4.84. The first kappa shape index (κ1) is 38.4. The maximum absolute atomic E-state index is 14.4. The van der Waals surface area contributed by atoms with Crippen LogP contribution in [0.15, 0.2) is 72.3 Å². The van der Waals surface area contributed by atoms with Gasteiger partial charge in [-0.2, -0.15) is 26.3 Å². The molecule has 3 aromatic rings. The van der Waals surface area contributed by atoms with E-state index in [2.05, 4.69) is 4.74 Å². The van der Waals surface area contributed by atoms with Crippen molar-refractivity contribution in [1.29, 1.82) is 0 Å². The second-order valence-corrected chi connectivity index (χ2v) is 14.5. The Morgan fingerprint density at radius 3 is 1.89 bits per heavy atom. The van der Waals surface area contributed by atoms with Crippen molar-refractivity contribution in [3.05, 3.63) is 94.8 Å². The van der Waals surface area contributed by atoms with Gasteiger partial charge in [-0.3, -0.25) is 19.2 Å². The Labute approximate surface area is 311 Å². The molecule has 3 aromatic carbocycles. The number of alkyl halides is 11. The van der Waals surface area contributed by atoms with E-state index in [1.165, 1.54) is 6.08 Å². The smallest absolute Gasteiger partial charge is 0.508 e. The van der Waals surface area contributed by atoms with E-state index in [4.69, 9.17) is 23.2 Å². The van der Waals surface area contributed by atoms with Gasteiger partial charge in [-0.15, -0.1) is 36.4 Å². The number of phenols is 1. The Morgan fingerprint density at radius 2 is 1.33 bits per heavy atom. The minimum Gasteiger partial charge on any atom is -0.508 e. The quantitative estimate of drug-likeness (QED) is 0.123. The summed E-state index contributed by atoms with van der Waals surface area (Å²) in [6.45, 7) is 0. The fourth-order valence-electron chi connectivity index (χ4n) is 8.03. The number of carbonyl (C=O) groups excluding carboxylic acids is 4. The number of benzene rings is 3. The highest BCUT2D eigenvalue weighted by molar-refractivity contribution is 6.58. The highest BCUT2D eigenvalue weighted by atomic mass is 35.5. The second kappa shape index (κ2) is 12.3. The summed E-state index contributed by atoms with van der Waals surface area (Å²) in [5, 5.41) is 11.1. The van der Waals surface area contributed by atoms with Crippen molar-refractivity contribution in [1.82, 2.24) is 0 Å². The average molecular weight is 825 g/mol. The number of amides is 4. The van der Waals surface area contributed by atoms with Gasteiger partial charge in [0.1, 0.15) is 17.3 Å². The topological polar surface area (TPSA) is 104 Å². The molecule has 4 amide bonds. The first-order chi connectivity index (χ1) is 25.4. The standard InChI is InChI=1S/C35H20Cl2F10N2O6/c36-31-13-23-20(6-7-21-25(23)28(52)48(27(21)51)18-10-14(33(39,40)41)9-15(11-18)34(42,43)44)26(22-12-19(5-8-24(22)50)55-35(45,46)47)32(31,37)30(54)49(29(31)53)17-3-1-16(38)2-4-17/h1-6,8-12,21,23,25-26,50H,7,13H2. The van der Waals surface area contributed by atoms with E-state index in [0.29, 0.717) is 17.0 Å². The number of rotatable bonds is 4. The molecule has 8 nitrogen and oxygen atoms in total. The first-order valence-corrected chi connectivity index (χ1v) is 16.6. The van der Waals surface area contributed by atoms with Crippen molar-refractivity contribution >= 4 is 58.2 Å². The van der Waals surface area contributed by atoms with E-state index in [0.717, 1.165) is 30.3 Å². The summed E-state index contributed by atoms with van der Waals surface area (Å²) in [6, 6.07) is 6.04. The van der Waals surface area contributed by atoms with Gasteiger partial charge in [0, 0.05) is 11.5 Å². The van der Waals surface area contributed by atoms with Crippen molar-refractivity contribution in [2.75, 3.05) is 9.80 Å². The number of hydrogen-bond donors (Lipinski definition) is 1. The van der Waals surface area contributed by atoms with Gasteiger partial charge in [-0.1, -0.05) is 11.6 Å². The molecule has 7 rings (SSSR count). The zero-order chi connectivity index (χ0) is 40.4. The minimum absolute atomic E-state index is 0.114. The van der Waals surface area contributed by atoms with E-state index in [1.54, 1.807) is 0 Å². The molecular weight excluding hydrogens is 805 g/mol. The fraction of sp³-hybridized carbons (Fsp3) is 0.314. The van der Waals surface area contributed by atoms with Crippen molar-refractivity contribution in [3.63, 3.8) is 0 Å². The SMILES string of the molecule is O=C1C2CC=C3C(CC4(Cl)C(=O)N(c5ccc(F)cc5)C(=O)C4(Cl)C3c3cc(OC(F)(F)F)ccc3O)C2C(=O)N1c1cc(C(F)(F)F)cc(C(F)(F)F)c1. The lowest BCUT2D eigenvalue weighted by Gasteiger charge is -2.50. The lowest BCUT2D eigenvalue weighted by Crippen LogP contribution is -2.60. The number of imide groups is 2. The third-order valence-electron chi connectivity index (χ3n) is 10.3. The van der Waals surface area contributed by atoms with E-state index in [1.807, 2.05) is 0 Å². The molecule has 20 heteroatoms. The van der Waals surface area contributed by atoms with Gasteiger partial charge in [0.05, 0.1) is 34.3 Å². The molecule has 0 bridgehead atoms. The monoisotopic (exact) mass is 824 g/mol. The van der Waals surface area contributed by atoms with E-state index in [-0.39, 0.29) is 34.4 Å². The number of nitrogens with zero attached hydrogens (tertiary/aromatic N) is 2. The van der Waals surface area contributed by atoms with E-state index < -0.39 is 128 Å². The summed E-state index contributed by atoms with van der Waals surface area (Å²) in [5.41, 5.74) is -5.68. The summed E-state index contributed by atoms with van der Waals surface area (Å²) in [6.07, 6.45) is -16.0. The summed E-state index contributed by atoms with van der Waals surface area (Å²) < 4.78 is 140. The normalized spacial score (nSPS) is 28.3. The van der Waals surface area contributed by atoms with Gasteiger partial charge < -0.3 is 9.84 Å². The zero-order valence-electron chi connectivity index (χ0n) is 27.0. The molecule has 2 heterocycles. The molecule has 2 aliphatic carbocycles. The molecule has 0 radical (unpaired) electrons. The third-order valence-corrected chi connectivity index (χ3v) is 11.7. The van der Waals surface area contributed by atoms with Crippen LogP contribution >= 0.6 is 23.2 Å². The van der Waals surface area contributed by atoms with Crippen molar-refractivity contribution in [3.8, 4) is 11.5 Å².